The lowest BCUT2D eigenvalue weighted by molar-refractivity contribution is 0.0572. The third-order valence-corrected chi connectivity index (χ3v) is 7.28. The highest BCUT2D eigenvalue weighted by molar-refractivity contribution is 6.53. The van der Waals surface area contributed by atoms with E-state index < -0.39 is 20.2 Å². The van der Waals surface area contributed by atoms with Crippen LogP contribution in [0.3, 0.4) is 0 Å². The van der Waals surface area contributed by atoms with Crippen molar-refractivity contribution in [1.82, 2.24) is 16.3 Å². The summed E-state index contributed by atoms with van der Waals surface area (Å²) in [7, 11) is 3.59. The lowest BCUT2D eigenvalue weighted by atomic mass is 9.88. The van der Waals surface area contributed by atoms with Gasteiger partial charge in [0, 0.05) is 24.5 Å². The van der Waals surface area contributed by atoms with Crippen LogP contribution in [0.15, 0.2) is 72.8 Å². The fourth-order valence-electron chi connectivity index (χ4n) is 4.96. The van der Waals surface area contributed by atoms with Crippen LogP contribution in [-0.2, 0) is 33.6 Å². The molecule has 0 unspecified atom stereocenters. The van der Waals surface area contributed by atoms with Crippen molar-refractivity contribution in [3.63, 3.8) is 0 Å². The minimum atomic E-state index is -0.672. The monoisotopic (exact) mass is 659 g/mol. The van der Waals surface area contributed by atoms with Crippen molar-refractivity contribution in [2.75, 3.05) is 30.7 Å². The van der Waals surface area contributed by atoms with E-state index in [0.29, 0.717) is 19.5 Å². The molecule has 3 aromatic carbocycles. The summed E-state index contributed by atoms with van der Waals surface area (Å²) in [5.74, 6) is 0.807. The predicted octanol–water partition coefficient (Wildman–Crippen LogP) is 2.17. The fraction of sp³-hybridized carbons (Fsp3) is 0.438. The van der Waals surface area contributed by atoms with Gasteiger partial charge >= 0.3 is 29.1 Å². The van der Waals surface area contributed by atoms with Crippen molar-refractivity contribution < 1.29 is 34.1 Å². The molecule has 8 N–H and O–H groups in total. The largest absolute Gasteiger partial charge is 0.497 e. The van der Waals surface area contributed by atoms with Crippen LogP contribution < -0.4 is 31.5 Å². The van der Waals surface area contributed by atoms with E-state index in [4.69, 9.17) is 19.0 Å². The normalized spacial score (nSPS) is 15.2. The molecule has 48 heavy (non-hydrogen) atoms. The number of epoxide rings is 1. The summed E-state index contributed by atoms with van der Waals surface area (Å²) in [5.41, 5.74) is 10.9. The number of methoxy groups -OCH3 is 1. The number of rotatable bonds is 21. The molecule has 0 amide bonds. The number of benzene rings is 3. The number of aliphatic hydroxyl groups excluding tert-OH is 1. The molecule has 3 aromatic rings. The topological polar surface area (TPSA) is 161 Å². The SMILES string of the molecule is C[B]ON[C@@H](Cc1cccc(NB(C)O)c1)[C@H](O)CNCc1cccc(OC)c1.C[B]ON[C@@H](Cc1cccc(NB(C)O)c1)[C@H]1CO1. The van der Waals surface area contributed by atoms with Gasteiger partial charge in [-0.2, -0.15) is 0 Å². The van der Waals surface area contributed by atoms with Crippen molar-refractivity contribution in [3.05, 3.63) is 89.5 Å². The molecule has 1 fully saturated rings. The molecule has 16 heteroatoms. The summed E-state index contributed by atoms with van der Waals surface area (Å²) in [5, 5.41) is 38.7. The van der Waals surface area contributed by atoms with Crippen molar-refractivity contribution in [3.8, 4) is 5.75 Å². The Hall–Kier alpha value is -3.04. The number of anilines is 2. The van der Waals surface area contributed by atoms with Gasteiger partial charge in [0.25, 0.3) is 0 Å². The van der Waals surface area contributed by atoms with Crippen molar-refractivity contribution in [2.24, 2.45) is 0 Å². The zero-order chi connectivity index (χ0) is 34.7. The van der Waals surface area contributed by atoms with Gasteiger partial charge in [0.2, 0.25) is 0 Å². The molecule has 4 rings (SSSR count). The summed E-state index contributed by atoms with van der Waals surface area (Å²) < 4.78 is 21.0. The van der Waals surface area contributed by atoms with E-state index in [9.17, 15) is 15.2 Å². The average molecular weight is 659 g/mol. The van der Waals surface area contributed by atoms with E-state index in [0.717, 1.165) is 41.3 Å². The molecule has 0 aromatic heterocycles. The van der Waals surface area contributed by atoms with Gasteiger partial charge in [-0.3, -0.25) is 0 Å². The van der Waals surface area contributed by atoms with E-state index in [1.807, 2.05) is 73.6 Å². The minimum absolute atomic E-state index is 0.137. The Bertz CT molecular complexity index is 1330. The van der Waals surface area contributed by atoms with Crippen LogP contribution in [0.25, 0.3) is 0 Å². The zero-order valence-electron chi connectivity index (χ0n) is 28.6. The van der Waals surface area contributed by atoms with Gasteiger partial charge in [-0.25, -0.2) is 11.0 Å². The quantitative estimate of drug-likeness (QED) is 0.0480. The van der Waals surface area contributed by atoms with Crippen LogP contribution in [0.1, 0.15) is 16.7 Å². The highest BCUT2D eigenvalue weighted by Gasteiger charge is 2.33. The summed E-state index contributed by atoms with van der Waals surface area (Å²) in [6, 6.07) is 23.4. The minimum Gasteiger partial charge on any atom is -0.497 e. The molecule has 2 radical (unpaired) electrons. The van der Waals surface area contributed by atoms with Gasteiger partial charge < -0.3 is 49.9 Å². The van der Waals surface area contributed by atoms with Crippen LogP contribution in [0.2, 0.25) is 27.3 Å². The van der Waals surface area contributed by atoms with Gasteiger partial charge in [-0.15, -0.1) is 0 Å². The number of hydrogen-bond donors (Lipinski definition) is 8. The number of aliphatic hydroxyl groups is 1. The first-order chi connectivity index (χ1) is 23.2. The summed E-state index contributed by atoms with van der Waals surface area (Å²) in [4.78, 5) is 0. The molecule has 0 saturated carbocycles. The second-order valence-corrected chi connectivity index (χ2v) is 11.5. The second kappa shape index (κ2) is 21.8. The standard InChI is InChI=1S/C20H30B2N3O4.C12H19B2N2O3/c1-21-29-25-19(12-15-6-4-8-17(10-15)24-22(2)27)20(26)14-23-13-16-7-5-9-18(11-16)28-3;1-13-19-16-11(12-8-18-12)7-9-4-3-5-10(6-9)15-14(2)17/h4-11,19-20,23-27H,12-14H2,1-3H3;3-6,11-12,15-17H,7-8H2,1-2H3/t19-,20+;11-,12+/m00/s1. The van der Waals surface area contributed by atoms with E-state index in [1.165, 1.54) is 13.0 Å². The third kappa shape index (κ3) is 15.5. The van der Waals surface area contributed by atoms with Crippen LogP contribution in [0.5, 0.6) is 5.75 Å². The summed E-state index contributed by atoms with van der Waals surface area (Å²) in [6.07, 6.45) is 0.918. The predicted molar refractivity (Wildman–Crippen MR) is 195 cm³/mol. The zero-order valence-corrected chi connectivity index (χ0v) is 28.6. The average Bonchev–Trinajstić information content (AvgIpc) is 3.91. The highest BCUT2D eigenvalue weighted by atomic mass is 16.6. The summed E-state index contributed by atoms with van der Waals surface area (Å²) >= 11 is 0. The molecular formula is C32H49B4N5O7. The molecule has 0 aliphatic carbocycles. The van der Waals surface area contributed by atoms with Crippen LogP contribution in [0, 0.1) is 0 Å². The Balaban J connectivity index is 0.000000284. The van der Waals surface area contributed by atoms with Crippen molar-refractivity contribution in [2.45, 2.75) is 71.0 Å². The smallest absolute Gasteiger partial charge is 0.406 e. The molecule has 0 spiro atoms. The molecular weight excluding hydrogens is 610 g/mol. The first-order valence-corrected chi connectivity index (χ1v) is 16.3. The molecule has 4 atom stereocenters. The number of ether oxygens (including phenoxy) is 2. The molecule has 0 bridgehead atoms. The molecule has 1 aliphatic rings. The maximum absolute atomic E-state index is 10.7. The summed E-state index contributed by atoms with van der Waals surface area (Å²) in [6.45, 7) is 8.74. The van der Waals surface area contributed by atoms with Crippen LogP contribution in [0.4, 0.5) is 11.4 Å². The van der Waals surface area contributed by atoms with Crippen molar-refractivity contribution >= 4 is 40.4 Å². The Kier molecular flexibility index (Phi) is 17.9. The Morgan fingerprint density at radius 2 is 1.40 bits per heavy atom. The Labute approximate surface area is 287 Å². The van der Waals surface area contributed by atoms with E-state index in [-0.39, 0.29) is 18.2 Å². The van der Waals surface area contributed by atoms with E-state index in [2.05, 4.69) is 32.8 Å². The highest BCUT2D eigenvalue weighted by Crippen LogP contribution is 2.20. The van der Waals surface area contributed by atoms with Gasteiger partial charge in [-0.1, -0.05) is 50.0 Å². The first kappa shape index (κ1) is 39.4. The molecule has 1 aliphatic heterocycles. The van der Waals surface area contributed by atoms with Gasteiger partial charge in [0.05, 0.1) is 38.0 Å². The van der Waals surface area contributed by atoms with Gasteiger partial charge in [-0.05, 0) is 79.6 Å². The first-order valence-electron chi connectivity index (χ1n) is 16.3. The van der Waals surface area contributed by atoms with E-state index in [1.54, 1.807) is 35.1 Å². The lowest BCUT2D eigenvalue weighted by Crippen LogP contribution is -2.46. The lowest BCUT2D eigenvalue weighted by Gasteiger charge is -2.25. The Morgan fingerprint density at radius 1 is 0.833 bits per heavy atom. The number of nitrogens with one attached hydrogen (secondary N) is 5. The fourth-order valence-corrected chi connectivity index (χ4v) is 4.96. The third-order valence-electron chi connectivity index (χ3n) is 7.28. The molecule has 256 valence electrons. The van der Waals surface area contributed by atoms with Crippen molar-refractivity contribution in [1.29, 1.82) is 0 Å². The maximum Gasteiger partial charge on any atom is 0.406 e. The number of hydroxylamine groups is 2. The van der Waals surface area contributed by atoms with E-state index >= 15 is 0 Å². The molecule has 1 heterocycles. The van der Waals surface area contributed by atoms with Gasteiger partial charge in [0.1, 0.15) is 5.75 Å². The van der Waals surface area contributed by atoms with Crippen LogP contribution >= 0.6 is 0 Å². The molecule has 12 nitrogen and oxygen atoms in total. The molecule has 1 saturated heterocycles. The maximum atomic E-state index is 10.7. The second-order valence-electron chi connectivity index (χ2n) is 11.5. The van der Waals surface area contributed by atoms with Crippen LogP contribution in [-0.4, -0.2) is 88.8 Å². The van der Waals surface area contributed by atoms with Gasteiger partial charge in [0.15, 0.2) is 0 Å². The Morgan fingerprint density at radius 3 is 1.96 bits per heavy atom. The number of hydrogen-bond acceptors (Lipinski definition) is 12.